The van der Waals surface area contributed by atoms with Crippen molar-refractivity contribution in [2.75, 3.05) is 13.2 Å². The van der Waals surface area contributed by atoms with E-state index < -0.39 is 12.8 Å². The summed E-state index contributed by atoms with van der Waals surface area (Å²) in [4.78, 5) is 14.2. The van der Waals surface area contributed by atoms with Crippen LogP contribution in [0.25, 0.3) is 0 Å². The molecule has 2 atom stereocenters. The molecule has 0 saturated carbocycles. The van der Waals surface area contributed by atoms with Crippen LogP contribution >= 0.6 is 0 Å². The van der Waals surface area contributed by atoms with Gasteiger partial charge >= 0.3 is 6.18 Å². The van der Waals surface area contributed by atoms with Crippen LogP contribution in [0.2, 0.25) is 0 Å². The third kappa shape index (κ3) is 5.04. The van der Waals surface area contributed by atoms with Crippen LogP contribution < -0.4 is 9.47 Å². The molecule has 1 amide bonds. The number of rotatable bonds is 5. The Morgan fingerprint density at radius 3 is 2.21 bits per heavy atom. The number of nitrogens with zero attached hydrogens (tertiary/aromatic N) is 1. The first kappa shape index (κ1) is 18.4. The van der Waals surface area contributed by atoms with Crippen LogP contribution in [-0.4, -0.2) is 42.3 Å². The Labute approximate surface area is 139 Å². The summed E-state index contributed by atoms with van der Waals surface area (Å²) in [6.07, 6.45) is -1.45. The number of hydrogen-bond donors (Lipinski definition) is 0. The van der Waals surface area contributed by atoms with Crippen molar-refractivity contribution < 1.29 is 27.4 Å². The van der Waals surface area contributed by atoms with Gasteiger partial charge in [0.2, 0.25) is 0 Å². The van der Waals surface area contributed by atoms with Crippen molar-refractivity contribution in [3.8, 4) is 11.5 Å². The molecule has 4 nitrogen and oxygen atoms in total. The number of benzene rings is 1. The Morgan fingerprint density at radius 1 is 1.12 bits per heavy atom. The van der Waals surface area contributed by atoms with Gasteiger partial charge in [0.15, 0.2) is 24.7 Å². The Hall–Kier alpha value is -1.92. The quantitative estimate of drug-likeness (QED) is 0.815. The summed E-state index contributed by atoms with van der Waals surface area (Å²) in [5.74, 6) is -0.0601. The highest BCUT2D eigenvalue weighted by Gasteiger charge is 2.30. The number of alkyl halides is 3. The van der Waals surface area contributed by atoms with Gasteiger partial charge in [-0.3, -0.25) is 4.79 Å². The lowest BCUT2D eigenvalue weighted by atomic mass is 9.97. The number of para-hydroxylation sites is 2. The van der Waals surface area contributed by atoms with E-state index in [0.717, 1.165) is 19.3 Å². The molecule has 7 heteroatoms. The first-order valence-electron chi connectivity index (χ1n) is 8.00. The van der Waals surface area contributed by atoms with Gasteiger partial charge in [0.1, 0.15) is 0 Å². The fourth-order valence-corrected chi connectivity index (χ4v) is 2.98. The van der Waals surface area contributed by atoms with Crippen molar-refractivity contribution in [2.45, 2.75) is 51.4 Å². The molecule has 24 heavy (non-hydrogen) atoms. The molecule has 0 radical (unpaired) electrons. The Kier molecular flexibility index (Phi) is 5.96. The largest absolute Gasteiger partial charge is 0.480 e. The third-order valence-electron chi connectivity index (χ3n) is 4.07. The van der Waals surface area contributed by atoms with Gasteiger partial charge in [-0.1, -0.05) is 12.1 Å². The molecule has 0 aliphatic carbocycles. The molecule has 1 aliphatic heterocycles. The average molecular weight is 345 g/mol. The number of hydrogen-bond acceptors (Lipinski definition) is 3. The van der Waals surface area contributed by atoms with Crippen molar-refractivity contribution in [3.05, 3.63) is 24.3 Å². The fraction of sp³-hybridized carbons (Fsp3) is 0.588. The first-order chi connectivity index (χ1) is 11.3. The van der Waals surface area contributed by atoms with Crippen molar-refractivity contribution in [1.82, 2.24) is 4.90 Å². The smallest absolute Gasteiger partial charge is 0.422 e. The summed E-state index contributed by atoms with van der Waals surface area (Å²) >= 11 is 0. The highest BCUT2D eigenvalue weighted by Crippen LogP contribution is 2.29. The summed E-state index contributed by atoms with van der Waals surface area (Å²) in [5.41, 5.74) is 0. The van der Waals surface area contributed by atoms with Gasteiger partial charge in [-0.25, -0.2) is 0 Å². The number of halogens is 3. The van der Waals surface area contributed by atoms with Crippen molar-refractivity contribution in [1.29, 1.82) is 0 Å². The molecule has 1 aromatic carbocycles. The summed E-state index contributed by atoms with van der Waals surface area (Å²) < 4.78 is 47.0. The summed E-state index contributed by atoms with van der Waals surface area (Å²) in [6, 6.07) is 6.32. The molecule has 0 aromatic heterocycles. The first-order valence-corrected chi connectivity index (χ1v) is 8.00. The molecule has 2 unspecified atom stereocenters. The van der Waals surface area contributed by atoms with Crippen molar-refractivity contribution >= 4 is 5.91 Å². The van der Waals surface area contributed by atoms with Crippen molar-refractivity contribution in [2.24, 2.45) is 0 Å². The van der Waals surface area contributed by atoms with E-state index in [2.05, 4.69) is 0 Å². The van der Waals surface area contributed by atoms with Crippen LogP contribution in [-0.2, 0) is 4.79 Å². The molecule has 1 aliphatic rings. The number of carbonyl (C=O) groups excluding carboxylic acids is 1. The zero-order valence-corrected chi connectivity index (χ0v) is 13.8. The van der Waals surface area contributed by atoms with Crippen LogP contribution in [0.15, 0.2) is 24.3 Å². The fourth-order valence-electron chi connectivity index (χ4n) is 2.98. The average Bonchev–Trinajstić information content (AvgIpc) is 2.50. The lowest BCUT2D eigenvalue weighted by molar-refractivity contribution is -0.153. The van der Waals surface area contributed by atoms with Crippen molar-refractivity contribution in [3.63, 3.8) is 0 Å². The summed E-state index contributed by atoms with van der Waals surface area (Å²) in [5, 5.41) is 0. The number of carbonyl (C=O) groups is 1. The maximum Gasteiger partial charge on any atom is 0.422 e. The molecule has 1 saturated heterocycles. The highest BCUT2D eigenvalue weighted by atomic mass is 19.4. The lowest BCUT2D eigenvalue weighted by Crippen LogP contribution is -2.49. The topological polar surface area (TPSA) is 38.8 Å². The zero-order chi connectivity index (χ0) is 17.7. The van der Waals surface area contributed by atoms with Crippen LogP contribution in [0.5, 0.6) is 11.5 Å². The van der Waals surface area contributed by atoms with Crippen LogP contribution in [0.4, 0.5) is 13.2 Å². The van der Waals surface area contributed by atoms with E-state index in [9.17, 15) is 18.0 Å². The monoisotopic (exact) mass is 345 g/mol. The number of likely N-dealkylation sites (tertiary alicyclic amines) is 1. The minimum Gasteiger partial charge on any atom is -0.480 e. The molecule has 1 fully saturated rings. The maximum atomic E-state index is 12.4. The molecule has 0 bridgehead atoms. The molecular formula is C17H22F3NO3. The van der Waals surface area contributed by atoms with E-state index in [-0.39, 0.29) is 36.1 Å². The molecule has 0 N–H and O–H groups in total. The van der Waals surface area contributed by atoms with E-state index in [1.165, 1.54) is 12.1 Å². The molecular weight excluding hydrogens is 323 g/mol. The standard InChI is InChI=1S/C17H22F3NO3/c1-12-6-5-7-13(2)21(12)16(22)10-23-14-8-3-4-9-15(14)24-11-17(18,19)20/h3-4,8-9,12-13H,5-7,10-11H2,1-2H3. The maximum absolute atomic E-state index is 12.4. The SMILES string of the molecule is CC1CCCC(C)N1C(=O)COc1ccccc1OCC(F)(F)F. The van der Waals surface area contributed by atoms with Crippen LogP contribution in [0, 0.1) is 0 Å². The minimum absolute atomic E-state index is 0.0256. The second-order valence-electron chi connectivity index (χ2n) is 6.07. The number of amides is 1. The minimum atomic E-state index is -4.43. The van der Waals surface area contributed by atoms with Gasteiger partial charge in [-0.2, -0.15) is 13.2 Å². The predicted octanol–water partition coefficient (Wildman–Crippen LogP) is 3.80. The molecule has 2 rings (SSSR count). The number of ether oxygens (including phenoxy) is 2. The Bertz CT molecular complexity index is 552. The highest BCUT2D eigenvalue weighted by molar-refractivity contribution is 5.78. The number of piperidine rings is 1. The van der Waals surface area contributed by atoms with E-state index in [4.69, 9.17) is 9.47 Å². The summed E-state index contributed by atoms with van der Waals surface area (Å²) in [7, 11) is 0. The normalized spacial score (nSPS) is 21.5. The third-order valence-corrected chi connectivity index (χ3v) is 4.07. The summed E-state index contributed by atoms with van der Waals surface area (Å²) in [6.45, 7) is 2.37. The van der Waals surface area contributed by atoms with Gasteiger partial charge in [0, 0.05) is 12.1 Å². The van der Waals surface area contributed by atoms with Gasteiger partial charge in [0.05, 0.1) is 0 Å². The lowest BCUT2D eigenvalue weighted by Gasteiger charge is -2.39. The van der Waals surface area contributed by atoms with Gasteiger partial charge in [-0.05, 0) is 45.2 Å². The van der Waals surface area contributed by atoms with Crippen LogP contribution in [0.1, 0.15) is 33.1 Å². The zero-order valence-electron chi connectivity index (χ0n) is 13.8. The second-order valence-corrected chi connectivity index (χ2v) is 6.07. The molecule has 134 valence electrons. The second kappa shape index (κ2) is 7.77. The van der Waals surface area contributed by atoms with E-state index in [1.54, 1.807) is 17.0 Å². The molecule has 1 heterocycles. The van der Waals surface area contributed by atoms with Gasteiger partial charge in [0.25, 0.3) is 5.91 Å². The van der Waals surface area contributed by atoms with Crippen LogP contribution in [0.3, 0.4) is 0 Å². The Balaban J connectivity index is 1.97. The predicted molar refractivity (Wildman–Crippen MR) is 83.1 cm³/mol. The Morgan fingerprint density at radius 2 is 1.67 bits per heavy atom. The molecule has 0 spiro atoms. The van der Waals surface area contributed by atoms with Gasteiger partial charge < -0.3 is 14.4 Å². The molecule has 1 aromatic rings. The van der Waals surface area contributed by atoms with E-state index in [0.29, 0.717) is 0 Å². The van der Waals surface area contributed by atoms with E-state index >= 15 is 0 Å². The van der Waals surface area contributed by atoms with E-state index in [1.807, 2.05) is 13.8 Å². The van der Waals surface area contributed by atoms with Gasteiger partial charge in [-0.15, -0.1) is 0 Å².